The van der Waals surface area contributed by atoms with Gasteiger partial charge in [-0.05, 0) is 37.0 Å². The molecule has 1 unspecified atom stereocenters. The quantitative estimate of drug-likeness (QED) is 0.321. The molecule has 1 atom stereocenters. The Morgan fingerprint density at radius 2 is 1.50 bits per heavy atom. The van der Waals surface area contributed by atoms with Gasteiger partial charge in [-0.3, -0.25) is 0 Å². The number of rotatable bonds is 12. The number of hydrogen-bond acceptors (Lipinski definition) is 4. The molecule has 0 spiro atoms. The van der Waals surface area contributed by atoms with E-state index in [1.807, 2.05) is 12.1 Å². The Morgan fingerprint density at radius 3 is 2.00 bits per heavy atom. The number of benzene rings is 1. The second-order valence-corrected chi connectivity index (χ2v) is 7.48. The number of aryl methyl sites for hydroxylation is 1. The predicted octanol–water partition coefficient (Wildman–Crippen LogP) is 1.64. The maximum atomic E-state index is 11.0. The second kappa shape index (κ2) is 13.2. The molecule has 0 saturated heterocycles. The maximum absolute atomic E-state index is 11.0. The molecule has 0 heterocycles. The Balaban J connectivity index is 0.00000529. The molecule has 0 N–H and O–H groups in total. The first-order valence-corrected chi connectivity index (χ1v) is 10.1. The van der Waals surface area contributed by atoms with Crippen LogP contribution in [0.5, 0.6) is 5.75 Å². The molecule has 0 aromatic heterocycles. The fraction of sp³-hybridized carbons (Fsp3) is 0.667. The molecule has 0 aliphatic carbocycles. The third-order valence-electron chi connectivity index (χ3n) is 3.92. The van der Waals surface area contributed by atoms with Crippen LogP contribution in [-0.2, 0) is 16.5 Å². The van der Waals surface area contributed by atoms with Gasteiger partial charge in [0.25, 0.3) is 0 Å². The van der Waals surface area contributed by atoms with Gasteiger partial charge in [-0.25, -0.2) is 8.42 Å². The molecule has 0 amide bonds. The average molecular weight is 364 g/mol. The first kappa shape index (κ1) is 23.9. The van der Waals surface area contributed by atoms with E-state index in [4.69, 9.17) is 4.74 Å². The van der Waals surface area contributed by atoms with Gasteiger partial charge in [0, 0.05) is 0 Å². The van der Waals surface area contributed by atoms with Gasteiger partial charge >= 0.3 is 29.6 Å². The second-order valence-electron chi connectivity index (χ2n) is 5.96. The zero-order valence-electron chi connectivity index (χ0n) is 15.3. The summed E-state index contributed by atoms with van der Waals surface area (Å²) < 4.78 is 38.3. The third kappa shape index (κ3) is 10.0. The molecule has 4 nitrogen and oxygen atoms in total. The van der Waals surface area contributed by atoms with Gasteiger partial charge < -0.3 is 9.29 Å². The van der Waals surface area contributed by atoms with Crippen LogP contribution in [0.4, 0.5) is 0 Å². The smallest absolute Gasteiger partial charge is 0.745 e. The summed E-state index contributed by atoms with van der Waals surface area (Å²) in [6.07, 6.45) is 10.1. The molecule has 0 bridgehead atoms. The monoisotopic (exact) mass is 364 g/mol. The topological polar surface area (TPSA) is 66.4 Å². The van der Waals surface area contributed by atoms with Gasteiger partial charge in [-0.15, -0.1) is 0 Å². The van der Waals surface area contributed by atoms with E-state index in [9.17, 15) is 13.0 Å². The van der Waals surface area contributed by atoms with Crippen molar-refractivity contribution in [2.24, 2.45) is 0 Å². The van der Waals surface area contributed by atoms with Gasteiger partial charge in [0.2, 0.25) is 0 Å². The Morgan fingerprint density at radius 1 is 0.958 bits per heavy atom. The summed E-state index contributed by atoms with van der Waals surface area (Å²) >= 11 is 0. The van der Waals surface area contributed by atoms with Crippen LogP contribution in [0.15, 0.2) is 24.3 Å². The molecule has 0 fully saturated rings. The summed E-state index contributed by atoms with van der Waals surface area (Å²) in [7, 11) is -4.42. The largest absolute Gasteiger partial charge is 1.00 e. The summed E-state index contributed by atoms with van der Waals surface area (Å²) in [5, 5.41) is 0. The maximum Gasteiger partial charge on any atom is 1.00 e. The van der Waals surface area contributed by atoms with E-state index in [1.54, 1.807) is 19.1 Å². The molecule has 24 heavy (non-hydrogen) atoms. The van der Waals surface area contributed by atoms with Crippen LogP contribution >= 0.6 is 0 Å². The summed E-state index contributed by atoms with van der Waals surface area (Å²) in [4.78, 5) is 0. The van der Waals surface area contributed by atoms with Crippen LogP contribution in [0, 0.1) is 0 Å². The summed E-state index contributed by atoms with van der Waals surface area (Å²) in [6.45, 7) is 3.84. The SMILES string of the molecule is CCCCCCCCCc1ccc(OC(CC)S(=O)(=O)[O-])cc1.[Na+]. The van der Waals surface area contributed by atoms with Crippen molar-refractivity contribution in [1.29, 1.82) is 0 Å². The Kier molecular flexibility index (Phi) is 13.1. The van der Waals surface area contributed by atoms with Gasteiger partial charge in [0.15, 0.2) is 5.44 Å². The van der Waals surface area contributed by atoms with Crippen LogP contribution in [-0.4, -0.2) is 18.4 Å². The van der Waals surface area contributed by atoms with E-state index < -0.39 is 15.6 Å². The van der Waals surface area contributed by atoms with Crippen LogP contribution in [0.3, 0.4) is 0 Å². The number of unbranched alkanes of at least 4 members (excludes halogenated alkanes) is 6. The van der Waals surface area contributed by atoms with Crippen molar-refractivity contribution in [1.82, 2.24) is 0 Å². The molecule has 0 saturated carbocycles. The van der Waals surface area contributed by atoms with Crippen LogP contribution in [0.2, 0.25) is 0 Å². The Hall–Kier alpha value is -0.0700. The first-order chi connectivity index (χ1) is 11.0. The van der Waals surface area contributed by atoms with Crippen molar-refractivity contribution in [3.63, 3.8) is 0 Å². The van der Waals surface area contributed by atoms with E-state index >= 15 is 0 Å². The molecule has 1 aromatic carbocycles. The van der Waals surface area contributed by atoms with Crippen molar-refractivity contribution >= 4 is 10.1 Å². The average Bonchev–Trinajstić information content (AvgIpc) is 2.52. The van der Waals surface area contributed by atoms with Crippen molar-refractivity contribution in [2.45, 2.75) is 77.1 Å². The zero-order valence-corrected chi connectivity index (χ0v) is 18.1. The summed E-state index contributed by atoms with van der Waals surface area (Å²) in [5.74, 6) is 0.430. The van der Waals surface area contributed by atoms with Crippen molar-refractivity contribution < 1.29 is 47.3 Å². The fourth-order valence-corrected chi connectivity index (χ4v) is 3.16. The zero-order chi connectivity index (χ0) is 17.1. The molecule has 0 aliphatic rings. The van der Waals surface area contributed by atoms with Crippen molar-refractivity contribution in [2.75, 3.05) is 0 Å². The standard InChI is InChI=1S/C18H30O4S.Na/c1-3-5-6-7-8-9-10-11-16-12-14-17(15-13-16)22-18(4-2)23(19,20)21;/h12-15,18H,3-11H2,1-2H3,(H,19,20,21);/q;+1/p-1. The Labute approximate surface area is 169 Å². The number of hydrogen-bond donors (Lipinski definition) is 0. The minimum atomic E-state index is -4.42. The molecule has 132 valence electrons. The Bertz CT molecular complexity index is 528. The van der Waals surface area contributed by atoms with Gasteiger partial charge in [0.05, 0.1) is 0 Å². The molecule has 0 radical (unpaired) electrons. The fourth-order valence-electron chi connectivity index (χ4n) is 2.52. The summed E-state index contributed by atoms with van der Waals surface area (Å²) in [6, 6.07) is 7.36. The van der Waals surface area contributed by atoms with Crippen molar-refractivity contribution in [3.05, 3.63) is 29.8 Å². The number of ether oxygens (including phenoxy) is 1. The van der Waals surface area contributed by atoms with Crippen LogP contribution in [0.25, 0.3) is 0 Å². The van der Waals surface area contributed by atoms with Crippen LogP contribution in [0.1, 0.15) is 70.8 Å². The van der Waals surface area contributed by atoms with Crippen molar-refractivity contribution in [3.8, 4) is 5.75 Å². The van der Waals surface area contributed by atoms with E-state index in [0.29, 0.717) is 5.75 Å². The molecular weight excluding hydrogens is 335 g/mol. The van der Waals surface area contributed by atoms with E-state index in [2.05, 4.69) is 6.92 Å². The van der Waals surface area contributed by atoms with Crippen LogP contribution < -0.4 is 34.3 Å². The molecule has 6 heteroatoms. The van der Waals surface area contributed by atoms with E-state index in [-0.39, 0.29) is 36.0 Å². The molecular formula is C18H29NaO4S. The van der Waals surface area contributed by atoms with Gasteiger partial charge in [-0.1, -0.05) is 64.5 Å². The van der Waals surface area contributed by atoms with E-state index in [1.165, 1.54) is 50.5 Å². The normalized spacial score (nSPS) is 12.5. The minimum absolute atomic E-state index is 0. The van der Waals surface area contributed by atoms with Gasteiger partial charge in [-0.2, -0.15) is 0 Å². The predicted molar refractivity (Wildman–Crippen MR) is 92.5 cm³/mol. The molecule has 1 rings (SSSR count). The third-order valence-corrected chi connectivity index (χ3v) is 4.99. The first-order valence-electron chi connectivity index (χ1n) is 8.67. The van der Waals surface area contributed by atoms with Gasteiger partial charge in [0.1, 0.15) is 15.9 Å². The van der Waals surface area contributed by atoms with E-state index in [0.717, 1.165) is 6.42 Å². The summed E-state index contributed by atoms with van der Waals surface area (Å²) in [5.41, 5.74) is -0.0968. The molecule has 0 aliphatic heterocycles. The minimum Gasteiger partial charge on any atom is -0.745 e. The molecule has 1 aromatic rings.